The lowest BCUT2D eigenvalue weighted by molar-refractivity contribution is 0.694. The first-order valence-corrected chi connectivity index (χ1v) is 7.58. The zero-order valence-electron chi connectivity index (χ0n) is 10.9. The van der Waals surface area contributed by atoms with Crippen LogP contribution >= 0.6 is 11.3 Å². The third-order valence-electron chi connectivity index (χ3n) is 2.94. The number of anilines is 1. The topological polar surface area (TPSA) is 28.2 Å². The molecule has 96 valence electrons. The van der Waals surface area contributed by atoms with Crippen LogP contribution in [0.5, 0.6) is 0 Å². The number of hydrogen-bond acceptors (Lipinski definition) is 4. The summed E-state index contributed by atoms with van der Waals surface area (Å²) in [5.41, 5.74) is 0. The summed E-state index contributed by atoms with van der Waals surface area (Å²) in [5.74, 6) is 0. The minimum Gasteiger partial charge on any atom is -0.348 e. The van der Waals surface area contributed by atoms with Crippen molar-refractivity contribution in [3.8, 4) is 0 Å². The van der Waals surface area contributed by atoms with E-state index in [9.17, 15) is 0 Å². The van der Waals surface area contributed by atoms with Crippen LogP contribution in [0.3, 0.4) is 0 Å². The largest absolute Gasteiger partial charge is 0.348 e. The highest BCUT2D eigenvalue weighted by Gasteiger charge is 2.20. The van der Waals surface area contributed by atoms with E-state index in [0.717, 1.165) is 25.7 Å². The van der Waals surface area contributed by atoms with Crippen LogP contribution in [0, 0.1) is 0 Å². The molecule has 0 saturated heterocycles. The number of rotatable bonds is 8. The molecule has 1 saturated carbocycles. The van der Waals surface area contributed by atoms with Crippen molar-refractivity contribution in [3.05, 3.63) is 11.1 Å². The average molecular weight is 253 g/mol. The SMILES string of the molecule is CCCN(CCC)c1ncc(CNC2CC2)s1. The molecule has 1 aliphatic carbocycles. The lowest BCUT2D eigenvalue weighted by Gasteiger charge is -2.19. The number of nitrogens with zero attached hydrogens (tertiary/aromatic N) is 2. The maximum absolute atomic E-state index is 4.56. The molecule has 0 atom stereocenters. The second kappa shape index (κ2) is 6.36. The van der Waals surface area contributed by atoms with Gasteiger partial charge in [0.1, 0.15) is 0 Å². The maximum Gasteiger partial charge on any atom is 0.185 e. The molecule has 0 aliphatic heterocycles. The molecular formula is C13H23N3S. The van der Waals surface area contributed by atoms with E-state index < -0.39 is 0 Å². The van der Waals surface area contributed by atoms with E-state index in [1.807, 2.05) is 17.5 Å². The molecule has 0 radical (unpaired) electrons. The fraction of sp³-hybridized carbons (Fsp3) is 0.769. The Morgan fingerprint density at radius 2 is 2.06 bits per heavy atom. The molecule has 0 amide bonds. The standard InChI is InChI=1S/C13H23N3S/c1-3-7-16(8-4-2)13-15-10-12(17-13)9-14-11-5-6-11/h10-11,14H,3-9H2,1-2H3. The fourth-order valence-electron chi connectivity index (χ4n) is 1.90. The van der Waals surface area contributed by atoms with Gasteiger partial charge in [0.25, 0.3) is 0 Å². The summed E-state index contributed by atoms with van der Waals surface area (Å²) < 4.78 is 0. The Morgan fingerprint density at radius 1 is 1.35 bits per heavy atom. The molecule has 1 N–H and O–H groups in total. The Kier molecular flexibility index (Phi) is 4.80. The molecular weight excluding hydrogens is 230 g/mol. The van der Waals surface area contributed by atoms with E-state index in [1.165, 1.54) is 35.7 Å². The van der Waals surface area contributed by atoms with Crippen molar-refractivity contribution in [1.29, 1.82) is 0 Å². The van der Waals surface area contributed by atoms with Gasteiger partial charge in [-0.3, -0.25) is 0 Å². The molecule has 0 unspecified atom stereocenters. The van der Waals surface area contributed by atoms with Crippen LogP contribution < -0.4 is 10.2 Å². The highest BCUT2D eigenvalue weighted by molar-refractivity contribution is 7.15. The van der Waals surface area contributed by atoms with Crippen LogP contribution in [-0.4, -0.2) is 24.1 Å². The Labute approximate surface area is 108 Å². The average Bonchev–Trinajstić information content (AvgIpc) is 3.04. The van der Waals surface area contributed by atoms with Crippen molar-refractivity contribution >= 4 is 16.5 Å². The molecule has 0 bridgehead atoms. The summed E-state index contributed by atoms with van der Waals surface area (Å²) in [6.07, 6.45) is 7.12. The first-order valence-electron chi connectivity index (χ1n) is 6.76. The van der Waals surface area contributed by atoms with Gasteiger partial charge in [-0.1, -0.05) is 13.8 Å². The Balaban J connectivity index is 1.88. The van der Waals surface area contributed by atoms with Crippen molar-refractivity contribution in [1.82, 2.24) is 10.3 Å². The summed E-state index contributed by atoms with van der Waals surface area (Å²) in [6, 6.07) is 0.780. The third kappa shape index (κ3) is 3.96. The van der Waals surface area contributed by atoms with Crippen LogP contribution in [0.25, 0.3) is 0 Å². The smallest absolute Gasteiger partial charge is 0.185 e. The molecule has 1 aliphatic rings. The molecule has 1 heterocycles. The Bertz CT molecular complexity index is 327. The summed E-state index contributed by atoms with van der Waals surface area (Å²) in [7, 11) is 0. The predicted octanol–water partition coefficient (Wildman–Crippen LogP) is 3.02. The first-order chi connectivity index (χ1) is 8.33. The quantitative estimate of drug-likeness (QED) is 0.772. The predicted molar refractivity (Wildman–Crippen MR) is 74.8 cm³/mol. The van der Waals surface area contributed by atoms with Gasteiger partial charge in [0.05, 0.1) is 0 Å². The van der Waals surface area contributed by atoms with Gasteiger partial charge in [-0.05, 0) is 25.7 Å². The minimum absolute atomic E-state index is 0.780. The summed E-state index contributed by atoms with van der Waals surface area (Å²) in [6.45, 7) is 7.69. The molecule has 4 heteroatoms. The zero-order valence-corrected chi connectivity index (χ0v) is 11.7. The van der Waals surface area contributed by atoms with Gasteiger partial charge in [0.15, 0.2) is 5.13 Å². The number of thiazole rings is 1. The van der Waals surface area contributed by atoms with Crippen LogP contribution in [0.4, 0.5) is 5.13 Å². The first kappa shape index (κ1) is 12.8. The lowest BCUT2D eigenvalue weighted by Crippen LogP contribution is -2.24. The van der Waals surface area contributed by atoms with E-state index >= 15 is 0 Å². The molecule has 0 spiro atoms. The fourth-order valence-corrected chi connectivity index (χ4v) is 2.81. The highest BCUT2D eigenvalue weighted by Crippen LogP contribution is 2.25. The van der Waals surface area contributed by atoms with E-state index in [1.54, 1.807) is 0 Å². The monoisotopic (exact) mass is 253 g/mol. The summed E-state index contributed by atoms with van der Waals surface area (Å²) >= 11 is 1.84. The number of nitrogens with one attached hydrogen (secondary N) is 1. The van der Waals surface area contributed by atoms with Gasteiger partial charge in [-0.25, -0.2) is 4.98 Å². The Morgan fingerprint density at radius 3 is 2.65 bits per heavy atom. The third-order valence-corrected chi connectivity index (χ3v) is 4.00. The molecule has 1 fully saturated rings. The highest BCUT2D eigenvalue weighted by atomic mass is 32.1. The second-order valence-corrected chi connectivity index (χ2v) is 5.85. The molecule has 3 nitrogen and oxygen atoms in total. The van der Waals surface area contributed by atoms with Gasteiger partial charge < -0.3 is 10.2 Å². The molecule has 1 aromatic rings. The molecule has 17 heavy (non-hydrogen) atoms. The van der Waals surface area contributed by atoms with Gasteiger partial charge in [-0.2, -0.15) is 0 Å². The van der Waals surface area contributed by atoms with Crippen LogP contribution in [0.15, 0.2) is 6.20 Å². The normalized spacial score (nSPS) is 15.2. The van der Waals surface area contributed by atoms with Gasteiger partial charge >= 0.3 is 0 Å². The van der Waals surface area contributed by atoms with Gasteiger partial charge in [0.2, 0.25) is 0 Å². The maximum atomic E-state index is 4.56. The van der Waals surface area contributed by atoms with Crippen LogP contribution in [0.2, 0.25) is 0 Å². The minimum atomic E-state index is 0.780. The molecule has 2 rings (SSSR count). The van der Waals surface area contributed by atoms with E-state index in [4.69, 9.17) is 0 Å². The lowest BCUT2D eigenvalue weighted by atomic mass is 10.4. The van der Waals surface area contributed by atoms with Crippen molar-refractivity contribution < 1.29 is 0 Å². The van der Waals surface area contributed by atoms with E-state index in [2.05, 4.69) is 29.0 Å². The second-order valence-electron chi connectivity index (χ2n) is 4.75. The Hall–Kier alpha value is -0.610. The number of hydrogen-bond donors (Lipinski definition) is 1. The van der Waals surface area contributed by atoms with Crippen molar-refractivity contribution in [2.75, 3.05) is 18.0 Å². The zero-order chi connectivity index (χ0) is 12.1. The van der Waals surface area contributed by atoms with E-state index in [-0.39, 0.29) is 0 Å². The van der Waals surface area contributed by atoms with Crippen molar-refractivity contribution in [2.45, 2.75) is 52.1 Å². The van der Waals surface area contributed by atoms with Crippen LogP contribution in [0.1, 0.15) is 44.4 Å². The van der Waals surface area contributed by atoms with E-state index in [0.29, 0.717) is 0 Å². The number of aromatic nitrogens is 1. The summed E-state index contributed by atoms with van der Waals surface area (Å²) in [5, 5.41) is 4.74. The summed E-state index contributed by atoms with van der Waals surface area (Å²) in [4.78, 5) is 8.33. The molecule has 0 aromatic carbocycles. The van der Waals surface area contributed by atoms with Crippen molar-refractivity contribution in [3.63, 3.8) is 0 Å². The van der Waals surface area contributed by atoms with Gasteiger partial charge in [-0.15, -0.1) is 11.3 Å². The van der Waals surface area contributed by atoms with Crippen LogP contribution in [-0.2, 0) is 6.54 Å². The molecule has 1 aromatic heterocycles. The van der Waals surface area contributed by atoms with Gasteiger partial charge in [0, 0.05) is 36.8 Å². The van der Waals surface area contributed by atoms with Crippen molar-refractivity contribution in [2.24, 2.45) is 0 Å².